The van der Waals surface area contributed by atoms with E-state index in [1.165, 1.54) is 57.8 Å². The smallest absolute Gasteiger partial charge is 0.0275 e. The zero-order valence-electron chi connectivity index (χ0n) is 12.4. The van der Waals surface area contributed by atoms with E-state index in [-0.39, 0.29) is 0 Å². The molecule has 0 heterocycles. The van der Waals surface area contributed by atoms with Crippen LogP contribution in [0.1, 0.15) is 92.4 Å². The van der Waals surface area contributed by atoms with Gasteiger partial charge in [-0.15, -0.1) is 0 Å². The molecule has 0 heteroatoms. The molecule has 0 nitrogen and oxygen atoms in total. The number of unbranched alkanes of at least 4 members (excludes halogenated alkanes) is 3. The topological polar surface area (TPSA) is 0 Å². The van der Waals surface area contributed by atoms with Crippen molar-refractivity contribution in [2.45, 2.75) is 92.4 Å². The summed E-state index contributed by atoms with van der Waals surface area (Å²) < 4.78 is 0. The van der Waals surface area contributed by atoms with Gasteiger partial charge in [0.15, 0.2) is 0 Å². The maximum Gasteiger partial charge on any atom is -0.0275 e. The Balaban J connectivity index is 4.30. The van der Waals surface area contributed by atoms with Crippen molar-refractivity contribution in [2.75, 3.05) is 0 Å². The van der Waals surface area contributed by atoms with Crippen LogP contribution >= 0.6 is 0 Å². The highest BCUT2D eigenvalue weighted by atomic mass is 14.4. The fraction of sp³-hybridized carbons (Fsp3) is 1.00. The molecule has 16 heavy (non-hydrogen) atoms. The van der Waals surface area contributed by atoms with Crippen LogP contribution in [0.3, 0.4) is 0 Å². The average Bonchev–Trinajstić information content (AvgIpc) is 2.33. The molecule has 0 N–H and O–H groups in total. The lowest BCUT2D eigenvalue weighted by atomic mass is 9.66. The zero-order valence-corrected chi connectivity index (χ0v) is 12.4. The summed E-state index contributed by atoms with van der Waals surface area (Å²) in [6.45, 7) is 11.9. The molecule has 0 fully saturated rings. The van der Waals surface area contributed by atoms with Gasteiger partial charge in [-0.25, -0.2) is 0 Å². The van der Waals surface area contributed by atoms with Crippen LogP contribution in [0.5, 0.6) is 0 Å². The summed E-state index contributed by atoms with van der Waals surface area (Å²) in [7, 11) is 0. The Morgan fingerprint density at radius 2 is 1.31 bits per heavy atom. The molecule has 0 radical (unpaired) electrons. The van der Waals surface area contributed by atoms with Gasteiger partial charge in [0.05, 0.1) is 0 Å². The Morgan fingerprint density at radius 3 is 1.69 bits per heavy atom. The Labute approximate surface area is 104 Å². The third-order valence-corrected chi connectivity index (χ3v) is 4.79. The van der Waals surface area contributed by atoms with Crippen molar-refractivity contribution in [3.63, 3.8) is 0 Å². The lowest BCUT2D eigenvalue weighted by molar-refractivity contribution is 0.114. The first-order valence-corrected chi connectivity index (χ1v) is 7.70. The van der Waals surface area contributed by atoms with E-state index in [0.29, 0.717) is 5.41 Å². The first-order valence-electron chi connectivity index (χ1n) is 7.70. The maximum atomic E-state index is 2.40. The second-order valence-electron chi connectivity index (χ2n) is 5.39. The molecule has 0 aromatic heterocycles. The molecule has 0 saturated carbocycles. The monoisotopic (exact) mass is 226 g/mol. The van der Waals surface area contributed by atoms with E-state index in [9.17, 15) is 0 Å². The minimum absolute atomic E-state index is 0.650. The summed E-state index contributed by atoms with van der Waals surface area (Å²) >= 11 is 0. The third-order valence-electron chi connectivity index (χ3n) is 4.79. The first-order chi connectivity index (χ1) is 7.70. The molecule has 0 unspecified atom stereocenters. The molecular weight excluding hydrogens is 192 g/mol. The summed E-state index contributed by atoms with van der Waals surface area (Å²) in [6, 6.07) is 0. The van der Waals surface area contributed by atoms with Gasteiger partial charge in [-0.05, 0) is 17.8 Å². The van der Waals surface area contributed by atoms with Crippen molar-refractivity contribution >= 4 is 0 Å². The van der Waals surface area contributed by atoms with E-state index < -0.39 is 0 Å². The Morgan fingerprint density at radius 1 is 0.750 bits per heavy atom. The van der Waals surface area contributed by atoms with Crippen molar-refractivity contribution in [3.8, 4) is 0 Å². The van der Waals surface area contributed by atoms with E-state index in [1.807, 2.05) is 0 Å². The lowest BCUT2D eigenvalue weighted by Gasteiger charge is -2.39. The maximum absolute atomic E-state index is 2.40. The van der Waals surface area contributed by atoms with Crippen LogP contribution in [-0.4, -0.2) is 0 Å². The van der Waals surface area contributed by atoms with E-state index in [4.69, 9.17) is 0 Å². The molecule has 0 aromatic rings. The molecular formula is C16H34. The molecule has 98 valence electrons. The van der Waals surface area contributed by atoms with Gasteiger partial charge in [0.1, 0.15) is 0 Å². The predicted octanol–water partition coefficient (Wildman–Crippen LogP) is 6.20. The van der Waals surface area contributed by atoms with Gasteiger partial charge in [-0.3, -0.25) is 0 Å². The highest BCUT2D eigenvalue weighted by Gasteiger charge is 2.32. The SMILES string of the molecule is CCCCCCC(CC)(CC)C(CC)CC. The fourth-order valence-corrected chi connectivity index (χ4v) is 3.44. The summed E-state index contributed by atoms with van der Waals surface area (Å²) in [5, 5.41) is 0. The molecule has 0 aromatic carbocycles. The van der Waals surface area contributed by atoms with Crippen molar-refractivity contribution in [1.82, 2.24) is 0 Å². The Kier molecular flexibility index (Phi) is 9.07. The minimum atomic E-state index is 0.650. The van der Waals surface area contributed by atoms with E-state index in [0.717, 1.165) is 5.92 Å². The van der Waals surface area contributed by atoms with Crippen LogP contribution in [0.15, 0.2) is 0 Å². The first kappa shape index (κ1) is 16.0. The molecule has 0 atom stereocenters. The van der Waals surface area contributed by atoms with Crippen LogP contribution in [0.4, 0.5) is 0 Å². The number of rotatable bonds is 10. The highest BCUT2D eigenvalue weighted by Crippen LogP contribution is 2.43. The van der Waals surface area contributed by atoms with Crippen molar-refractivity contribution in [2.24, 2.45) is 11.3 Å². The second-order valence-corrected chi connectivity index (χ2v) is 5.39. The molecule has 0 amide bonds. The van der Waals surface area contributed by atoms with Crippen LogP contribution in [0, 0.1) is 11.3 Å². The van der Waals surface area contributed by atoms with Gasteiger partial charge in [-0.2, -0.15) is 0 Å². The fourth-order valence-electron chi connectivity index (χ4n) is 3.44. The molecule has 0 aliphatic rings. The Bertz CT molecular complexity index is 140. The lowest BCUT2D eigenvalue weighted by Crippen LogP contribution is -2.29. The number of hydrogen-bond donors (Lipinski definition) is 0. The normalized spacial score (nSPS) is 12.4. The molecule has 0 aliphatic heterocycles. The van der Waals surface area contributed by atoms with Crippen molar-refractivity contribution < 1.29 is 0 Å². The Hall–Kier alpha value is 0. The molecule has 0 aliphatic carbocycles. The van der Waals surface area contributed by atoms with Gasteiger partial charge >= 0.3 is 0 Å². The third kappa shape index (κ3) is 4.47. The molecule has 0 bridgehead atoms. The standard InChI is InChI=1S/C16H34/c1-6-11-12-13-14-16(9-4,10-5)15(7-2)8-3/h15H,6-14H2,1-5H3. The van der Waals surface area contributed by atoms with Gasteiger partial charge in [0, 0.05) is 0 Å². The molecule has 0 spiro atoms. The number of hydrogen-bond acceptors (Lipinski definition) is 0. The van der Waals surface area contributed by atoms with Crippen LogP contribution in [0.25, 0.3) is 0 Å². The van der Waals surface area contributed by atoms with Gasteiger partial charge in [-0.1, -0.05) is 86.0 Å². The predicted molar refractivity (Wildman–Crippen MR) is 75.8 cm³/mol. The average molecular weight is 226 g/mol. The minimum Gasteiger partial charge on any atom is -0.0654 e. The van der Waals surface area contributed by atoms with E-state index in [2.05, 4.69) is 34.6 Å². The quantitative estimate of drug-likeness (QED) is 0.389. The second kappa shape index (κ2) is 9.07. The summed E-state index contributed by atoms with van der Waals surface area (Å²) in [5.41, 5.74) is 0.650. The van der Waals surface area contributed by atoms with Gasteiger partial charge in [0.25, 0.3) is 0 Å². The van der Waals surface area contributed by atoms with Gasteiger partial charge < -0.3 is 0 Å². The van der Waals surface area contributed by atoms with E-state index >= 15 is 0 Å². The highest BCUT2D eigenvalue weighted by molar-refractivity contribution is 4.83. The summed E-state index contributed by atoms with van der Waals surface area (Å²) in [6.07, 6.45) is 12.6. The molecule has 0 saturated heterocycles. The van der Waals surface area contributed by atoms with E-state index in [1.54, 1.807) is 0 Å². The zero-order chi connectivity index (χ0) is 12.4. The largest absolute Gasteiger partial charge is 0.0654 e. The molecule has 0 rings (SSSR count). The summed E-state index contributed by atoms with van der Waals surface area (Å²) in [5.74, 6) is 0.948. The van der Waals surface area contributed by atoms with Crippen LogP contribution in [0.2, 0.25) is 0 Å². The van der Waals surface area contributed by atoms with Gasteiger partial charge in [0.2, 0.25) is 0 Å². The van der Waals surface area contributed by atoms with Crippen LogP contribution in [-0.2, 0) is 0 Å². The van der Waals surface area contributed by atoms with Crippen molar-refractivity contribution in [1.29, 1.82) is 0 Å². The summed E-state index contributed by atoms with van der Waals surface area (Å²) in [4.78, 5) is 0. The van der Waals surface area contributed by atoms with Crippen molar-refractivity contribution in [3.05, 3.63) is 0 Å². The van der Waals surface area contributed by atoms with Crippen LogP contribution < -0.4 is 0 Å².